The normalized spacial score (nSPS) is 20.5. The van der Waals surface area contributed by atoms with E-state index in [4.69, 9.17) is 4.74 Å². The zero-order valence-corrected chi connectivity index (χ0v) is 14.7. The molecule has 1 aliphatic rings. The summed E-state index contributed by atoms with van der Waals surface area (Å²) in [6.45, 7) is 5.08. The number of benzene rings is 2. The summed E-state index contributed by atoms with van der Waals surface area (Å²) < 4.78 is 5.63. The molecule has 25 heavy (non-hydrogen) atoms. The quantitative estimate of drug-likeness (QED) is 0.928. The average molecular weight is 340 g/mol. The number of carbonyl (C=O) groups excluding carboxylic acids is 2. The zero-order chi connectivity index (χ0) is 17.8. The Hall–Kier alpha value is -2.40. The topological polar surface area (TPSA) is 58.6 Å². The molecule has 1 aliphatic heterocycles. The van der Waals surface area contributed by atoms with Crippen LogP contribution in [0, 0.1) is 0 Å². The zero-order valence-electron chi connectivity index (χ0n) is 14.7. The number of carbonyl (C=O) groups is 2. The minimum Gasteiger partial charge on any atom is -0.372 e. The lowest BCUT2D eigenvalue weighted by atomic mass is 10.0. The van der Waals surface area contributed by atoms with E-state index in [1.165, 1.54) is 0 Å². The summed E-state index contributed by atoms with van der Waals surface area (Å²) in [4.78, 5) is 26.3. The third kappa shape index (κ3) is 4.37. The number of amides is 2. The number of hydrogen-bond donors (Lipinski definition) is 1. The van der Waals surface area contributed by atoms with Crippen molar-refractivity contribution in [3.05, 3.63) is 48.0 Å². The number of rotatable bonds is 4. The third-order valence-electron chi connectivity index (χ3n) is 4.44. The number of morpholine rings is 1. The van der Waals surface area contributed by atoms with Crippen molar-refractivity contribution in [2.24, 2.45) is 0 Å². The second kappa shape index (κ2) is 7.66. The van der Waals surface area contributed by atoms with Crippen molar-refractivity contribution in [1.82, 2.24) is 10.2 Å². The Morgan fingerprint density at radius 1 is 1.08 bits per heavy atom. The van der Waals surface area contributed by atoms with Gasteiger partial charge in [-0.15, -0.1) is 0 Å². The van der Waals surface area contributed by atoms with Crippen molar-refractivity contribution in [3.8, 4) is 0 Å². The van der Waals surface area contributed by atoms with Crippen LogP contribution in [-0.2, 0) is 20.7 Å². The summed E-state index contributed by atoms with van der Waals surface area (Å²) in [6.07, 6.45) is 0.322. The van der Waals surface area contributed by atoms with Gasteiger partial charge in [-0.05, 0) is 30.2 Å². The van der Waals surface area contributed by atoms with Gasteiger partial charge in [0.1, 0.15) is 0 Å². The number of nitrogens with one attached hydrogen (secondary N) is 1. The standard InChI is InChI=1S/C20H24N2O3/c1-14-12-22(13-15(2)25-14)20(24)11-21-19(23)10-17-8-5-7-16-6-3-4-9-18(16)17/h3-9,14-15H,10-13H2,1-2H3,(H,21,23)/t14-,15+. The van der Waals surface area contributed by atoms with Gasteiger partial charge >= 0.3 is 0 Å². The highest BCUT2D eigenvalue weighted by atomic mass is 16.5. The molecule has 0 aromatic heterocycles. The van der Waals surface area contributed by atoms with E-state index in [9.17, 15) is 9.59 Å². The van der Waals surface area contributed by atoms with Gasteiger partial charge in [-0.2, -0.15) is 0 Å². The maximum Gasteiger partial charge on any atom is 0.242 e. The van der Waals surface area contributed by atoms with Gasteiger partial charge in [0.2, 0.25) is 11.8 Å². The van der Waals surface area contributed by atoms with Crippen molar-refractivity contribution in [3.63, 3.8) is 0 Å². The molecule has 0 saturated carbocycles. The summed E-state index contributed by atoms with van der Waals surface area (Å²) in [5.74, 6) is -0.202. The Bertz CT molecular complexity index is 759. The number of hydrogen-bond acceptors (Lipinski definition) is 3. The first kappa shape index (κ1) is 17.4. The van der Waals surface area contributed by atoms with Gasteiger partial charge < -0.3 is 15.0 Å². The molecule has 3 rings (SSSR count). The first-order chi connectivity index (χ1) is 12.0. The first-order valence-electron chi connectivity index (χ1n) is 8.69. The SMILES string of the molecule is C[C@@H]1CN(C(=O)CNC(=O)Cc2cccc3ccccc23)C[C@H](C)O1. The summed E-state index contributed by atoms with van der Waals surface area (Å²) in [5.41, 5.74) is 0.969. The predicted octanol–water partition coefficient (Wildman–Crippen LogP) is 2.13. The fraction of sp³-hybridized carbons (Fsp3) is 0.400. The predicted molar refractivity (Wildman–Crippen MR) is 97.3 cm³/mol. The van der Waals surface area contributed by atoms with Crippen molar-refractivity contribution >= 4 is 22.6 Å². The van der Waals surface area contributed by atoms with E-state index in [0.29, 0.717) is 13.1 Å². The fourth-order valence-electron chi connectivity index (χ4n) is 3.35. The van der Waals surface area contributed by atoms with Crippen LogP contribution < -0.4 is 5.32 Å². The highest BCUT2D eigenvalue weighted by molar-refractivity contribution is 5.91. The van der Waals surface area contributed by atoms with Crippen LogP contribution in [0.1, 0.15) is 19.4 Å². The van der Waals surface area contributed by atoms with Crippen LogP contribution in [0.2, 0.25) is 0 Å². The number of nitrogens with zero attached hydrogens (tertiary/aromatic N) is 1. The maximum absolute atomic E-state index is 12.3. The van der Waals surface area contributed by atoms with Crippen LogP contribution in [0.5, 0.6) is 0 Å². The summed E-state index contributed by atoms with van der Waals surface area (Å²) in [6, 6.07) is 13.9. The first-order valence-corrected chi connectivity index (χ1v) is 8.69. The van der Waals surface area contributed by atoms with Crippen LogP contribution >= 0.6 is 0 Å². The van der Waals surface area contributed by atoms with Crippen LogP contribution in [0.4, 0.5) is 0 Å². The van der Waals surface area contributed by atoms with Crippen molar-refractivity contribution in [2.75, 3.05) is 19.6 Å². The van der Waals surface area contributed by atoms with Crippen molar-refractivity contribution in [1.29, 1.82) is 0 Å². The van der Waals surface area contributed by atoms with Gasteiger partial charge in [-0.25, -0.2) is 0 Å². The average Bonchev–Trinajstić information content (AvgIpc) is 2.59. The van der Waals surface area contributed by atoms with E-state index >= 15 is 0 Å². The molecule has 0 bridgehead atoms. The van der Waals surface area contributed by atoms with Gasteiger partial charge in [0.15, 0.2) is 0 Å². The monoisotopic (exact) mass is 340 g/mol. The molecule has 1 N–H and O–H groups in total. The lowest BCUT2D eigenvalue weighted by Crippen LogP contribution is -2.51. The Labute approximate surface area is 148 Å². The summed E-state index contributed by atoms with van der Waals surface area (Å²) >= 11 is 0. The molecule has 132 valence electrons. The largest absolute Gasteiger partial charge is 0.372 e. The molecule has 2 atom stereocenters. The molecule has 0 spiro atoms. The molecule has 1 heterocycles. The van der Waals surface area contributed by atoms with E-state index in [1.54, 1.807) is 4.90 Å². The lowest BCUT2D eigenvalue weighted by Gasteiger charge is -2.35. The van der Waals surface area contributed by atoms with E-state index < -0.39 is 0 Å². The Balaban J connectivity index is 1.56. The van der Waals surface area contributed by atoms with Crippen LogP contribution in [-0.4, -0.2) is 48.6 Å². The van der Waals surface area contributed by atoms with E-state index in [1.807, 2.05) is 56.3 Å². The highest BCUT2D eigenvalue weighted by Crippen LogP contribution is 2.18. The maximum atomic E-state index is 12.3. The molecule has 2 aromatic rings. The van der Waals surface area contributed by atoms with Gasteiger partial charge in [0, 0.05) is 13.1 Å². The summed E-state index contributed by atoms with van der Waals surface area (Å²) in [7, 11) is 0. The van der Waals surface area contributed by atoms with Crippen LogP contribution in [0.25, 0.3) is 10.8 Å². The second-order valence-corrected chi connectivity index (χ2v) is 6.65. The van der Waals surface area contributed by atoms with Gasteiger partial charge in [-0.3, -0.25) is 9.59 Å². The summed E-state index contributed by atoms with van der Waals surface area (Å²) in [5, 5.41) is 4.93. The highest BCUT2D eigenvalue weighted by Gasteiger charge is 2.25. The van der Waals surface area contributed by atoms with Crippen LogP contribution in [0.3, 0.4) is 0 Å². The molecule has 5 nitrogen and oxygen atoms in total. The van der Waals surface area contributed by atoms with E-state index in [2.05, 4.69) is 5.32 Å². The fourth-order valence-corrected chi connectivity index (χ4v) is 3.35. The molecule has 5 heteroatoms. The molecule has 1 saturated heterocycles. The minimum absolute atomic E-state index is 0.0269. The molecule has 0 radical (unpaired) electrons. The van der Waals surface area contributed by atoms with E-state index in [0.717, 1.165) is 16.3 Å². The number of ether oxygens (including phenoxy) is 1. The van der Waals surface area contributed by atoms with Gasteiger partial charge in [0.05, 0.1) is 25.2 Å². The molecule has 2 aromatic carbocycles. The minimum atomic E-state index is -0.140. The molecular weight excluding hydrogens is 316 g/mol. The van der Waals surface area contributed by atoms with Crippen molar-refractivity contribution in [2.45, 2.75) is 32.5 Å². The van der Waals surface area contributed by atoms with Gasteiger partial charge in [0.25, 0.3) is 0 Å². The molecular formula is C20H24N2O3. The number of fused-ring (bicyclic) bond motifs is 1. The smallest absolute Gasteiger partial charge is 0.242 e. The third-order valence-corrected chi connectivity index (χ3v) is 4.44. The molecule has 2 amide bonds. The molecule has 1 fully saturated rings. The van der Waals surface area contributed by atoms with Crippen molar-refractivity contribution < 1.29 is 14.3 Å². The van der Waals surface area contributed by atoms with E-state index in [-0.39, 0.29) is 37.0 Å². The lowest BCUT2D eigenvalue weighted by molar-refractivity contribution is -0.143. The Morgan fingerprint density at radius 3 is 2.52 bits per heavy atom. The molecule has 0 unspecified atom stereocenters. The Kier molecular flexibility index (Phi) is 5.34. The second-order valence-electron chi connectivity index (χ2n) is 6.65. The van der Waals surface area contributed by atoms with Crippen LogP contribution in [0.15, 0.2) is 42.5 Å². The van der Waals surface area contributed by atoms with Gasteiger partial charge in [-0.1, -0.05) is 42.5 Å². The Morgan fingerprint density at radius 2 is 1.76 bits per heavy atom. The molecule has 0 aliphatic carbocycles.